The van der Waals surface area contributed by atoms with E-state index in [4.69, 9.17) is 0 Å². The van der Waals surface area contributed by atoms with Crippen LogP contribution >= 0.6 is 0 Å². The molecule has 0 atom stereocenters. The molecule has 0 aliphatic heterocycles. The maximum Gasteiger partial charge on any atom is 0.0782 e. The first-order valence-electron chi connectivity index (χ1n) is 5.55. The van der Waals surface area contributed by atoms with E-state index >= 15 is 0 Å². The Morgan fingerprint density at radius 1 is 1.08 bits per heavy atom. The lowest BCUT2D eigenvalue weighted by atomic mass is 10.2. The normalized spacial score (nSPS) is 11.6. The van der Waals surface area contributed by atoms with Crippen molar-refractivity contribution in [1.82, 2.24) is 0 Å². The van der Waals surface area contributed by atoms with Gasteiger partial charge in [0.25, 0.3) is 0 Å². The molecule has 0 aromatic heterocycles. The van der Waals surface area contributed by atoms with Gasteiger partial charge in [0.05, 0.1) is 27.2 Å². The smallest absolute Gasteiger partial charge is 0.0782 e. The van der Waals surface area contributed by atoms with Gasteiger partial charge in [-0.25, -0.2) is 0 Å². The van der Waals surface area contributed by atoms with Gasteiger partial charge in [-0.15, -0.1) is 6.58 Å². The molecule has 0 bridgehead atoms. The van der Waals surface area contributed by atoms with Crippen LogP contribution in [0.1, 0.15) is 39.0 Å². The topological polar surface area (TPSA) is 0 Å². The number of allylic oxidation sites excluding steroid dienone is 1. The van der Waals surface area contributed by atoms with Crippen LogP contribution in [0.2, 0.25) is 0 Å². The number of hydrogen-bond acceptors (Lipinski definition) is 0. The molecule has 0 saturated carbocycles. The van der Waals surface area contributed by atoms with E-state index in [-0.39, 0.29) is 0 Å². The maximum atomic E-state index is 3.74. The summed E-state index contributed by atoms with van der Waals surface area (Å²) in [5.74, 6) is 0. The van der Waals surface area contributed by atoms with E-state index in [1.807, 2.05) is 6.08 Å². The highest BCUT2D eigenvalue weighted by Gasteiger charge is 2.12. The molecule has 0 fully saturated rings. The Morgan fingerprint density at radius 3 is 2.23 bits per heavy atom. The molecule has 78 valence electrons. The first-order valence-corrected chi connectivity index (χ1v) is 5.55. The average Bonchev–Trinajstić information content (AvgIpc) is 2.09. The second-order valence-electron chi connectivity index (χ2n) is 4.52. The summed E-state index contributed by atoms with van der Waals surface area (Å²) in [6, 6.07) is 0. The summed E-state index contributed by atoms with van der Waals surface area (Å²) in [7, 11) is 4.67. The molecule has 0 amide bonds. The van der Waals surface area contributed by atoms with E-state index < -0.39 is 0 Å². The van der Waals surface area contributed by atoms with E-state index in [9.17, 15) is 0 Å². The van der Waals surface area contributed by atoms with E-state index in [1.165, 1.54) is 49.7 Å². The third kappa shape index (κ3) is 8.04. The SMILES string of the molecule is C=CCCCC[N+](C)(C)CCCC. The Balaban J connectivity index is 3.44. The minimum Gasteiger partial charge on any atom is -0.328 e. The van der Waals surface area contributed by atoms with Crippen LogP contribution in [0.4, 0.5) is 0 Å². The van der Waals surface area contributed by atoms with Gasteiger partial charge < -0.3 is 4.48 Å². The Bertz CT molecular complexity index is 127. The van der Waals surface area contributed by atoms with Gasteiger partial charge in [-0.2, -0.15) is 0 Å². The summed E-state index contributed by atoms with van der Waals surface area (Å²) in [6.07, 6.45) is 8.50. The molecule has 0 aromatic rings. The van der Waals surface area contributed by atoms with Gasteiger partial charge in [0.15, 0.2) is 0 Å². The quantitative estimate of drug-likeness (QED) is 0.309. The zero-order valence-corrected chi connectivity index (χ0v) is 9.68. The molecule has 0 aliphatic rings. The fraction of sp³-hybridized carbons (Fsp3) is 0.833. The summed E-state index contributed by atoms with van der Waals surface area (Å²) < 4.78 is 1.19. The summed E-state index contributed by atoms with van der Waals surface area (Å²) in [5.41, 5.74) is 0. The van der Waals surface area contributed by atoms with E-state index in [0.717, 1.165) is 0 Å². The van der Waals surface area contributed by atoms with Crippen molar-refractivity contribution < 1.29 is 4.48 Å². The van der Waals surface area contributed by atoms with Crippen LogP contribution in [0.15, 0.2) is 12.7 Å². The molecule has 0 N–H and O–H groups in total. The van der Waals surface area contributed by atoms with Crippen molar-refractivity contribution in [3.63, 3.8) is 0 Å². The van der Waals surface area contributed by atoms with Crippen LogP contribution < -0.4 is 0 Å². The van der Waals surface area contributed by atoms with Crippen molar-refractivity contribution in [2.45, 2.75) is 39.0 Å². The van der Waals surface area contributed by atoms with E-state index in [2.05, 4.69) is 27.6 Å². The van der Waals surface area contributed by atoms with Crippen molar-refractivity contribution in [3.8, 4) is 0 Å². The predicted octanol–water partition coefficient (Wildman–Crippen LogP) is 3.22. The standard InChI is InChI=1S/C12H26N/c1-5-7-9-10-12-13(3,4)11-8-6-2/h5H,1,6-12H2,2-4H3/q+1. The van der Waals surface area contributed by atoms with Crippen LogP contribution in [0.25, 0.3) is 0 Å². The Labute approximate surface area is 84.0 Å². The van der Waals surface area contributed by atoms with Gasteiger partial charge in [-0.1, -0.05) is 19.4 Å². The second-order valence-corrected chi connectivity index (χ2v) is 4.52. The first kappa shape index (κ1) is 12.7. The van der Waals surface area contributed by atoms with E-state index in [1.54, 1.807) is 0 Å². The molecule has 13 heavy (non-hydrogen) atoms. The lowest BCUT2D eigenvalue weighted by molar-refractivity contribution is -0.890. The van der Waals surface area contributed by atoms with Crippen molar-refractivity contribution in [3.05, 3.63) is 12.7 Å². The summed E-state index contributed by atoms with van der Waals surface area (Å²) in [5, 5.41) is 0. The Kier molecular flexibility index (Phi) is 6.97. The number of quaternary nitrogens is 1. The van der Waals surface area contributed by atoms with Gasteiger partial charge in [0.2, 0.25) is 0 Å². The minimum absolute atomic E-state index is 1.17. The minimum atomic E-state index is 1.17. The van der Waals surface area contributed by atoms with Crippen molar-refractivity contribution in [2.75, 3.05) is 27.2 Å². The van der Waals surface area contributed by atoms with Crippen LogP contribution in [0.3, 0.4) is 0 Å². The zero-order valence-electron chi connectivity index (χ0n) is 9.68. The van der Waals surface area contributed by atoms with Crippen molar-refractivity contribution in [2.24, 2.45) is 0 Å². The first-order chi connectivity index (χ1) is 6.12. The Hall–Kier alpha value is -0.300. The van der Waals surface area contributed by atoms with Gasteiger partial charge in [0, 0.05) is 0 Å². The van der Waals surface area contributed by atoms with Gasteiger partial charge in [-0.05, 0) is 25.7 Å². The number of rotatable bonds is 8. The zero-order chi connectivity index (χ0) is 10.2. The maximum absolute atomic E-state index is 3.74. The second kappa shape index (κ2) is 7.14. The van der Waals surface area contributed by atoms with Crippen LogP contribution in [0, 0.1) is 0 Å². The lowest BCUT2D eigenvalue weighted by Crippen LogP contribution is -2.41. The monoisotopic (exact) mass is 184 g/mol. The molecule has 0 radical (unpaired) electrons. The predicted molar refractivity (Wildman–Crippen MR) is 60.8 cm³/mol. The summed E-state index contributed by atoms with van der Waals surface area (Å²) in [4.78, 5) is 0. The lowest BCUT2D eigenvalue weighted by Gasteiger charge is -2.29. The van der Waals surface area contributed by atoms with Gasteiger partial charge >= 0.3 is 0 Å². The molecule has 0 aromatic carbocycles. The van der Waals surface area contributed by atoms with E-state index in [0.29, 0.717) is 0 Å². The van der Waals surface area contributed by atoms with Crippen LogP contribution in [-0.2, 0) is 0 Å². The fourth-order valence-electron chi connectivity index (χ4n) is 1.53. The number of hydrogen-bond donors (Lipinski definition) is 0. The van der Waals surface area contributed by atoms with Crippen molar-refractivity contribution >= 4 is 0 Å². The molecule has 0 spiro atoms. The number of nitrogens with zero attached hydrogens (tertiary/aromatic N) is 1. The summed E-state index contributed by atoms with van der Waals surface area (Å²) in [6.45, 7) is 8.64. The molecular weight excluding hydrogens is 158 g/mol. The third-order valence-electron chi connectivity index (χ3n) is 2.54. The molecular formula is C12H26N+. The fourth-order valence-corrected chi connectivity index (χ4v) is 1.53. The molecule has 0 rings (SSSR count). The molecule has 0 heterocycles. The van der Waals surface area contributed by atoms with Gasteiger partial charge in [0.1, 0.15) is 0 Å². The molecule has 0 saturated heterocycles. The Morgan fingerprint density at radius 2 is 1.69 bits per heavy atom. The average molecular weight is 184 g/mol. The largest absolute Gasteiger partial charge is 0.328 e. The van der Waals surface area contributed by atoms with Crippen LogP contribution in [-0.4, -0.2) is 31.7 Å². The molecule has 0 unspecified atom stereocenters. The highest BCUT2D eigenvalue weighted by Crippen LogP contribution is 2.06. The number of unbranched alkanes of at least 4 members (excludes halogenated alkanes) is 3. The molecule has 1 heteroatoms. The highest BCUT2D eigenvalue weighted by atomic mass is 15.3. The summed E-state index contributed by atoms with van der Waals surface area (Å²) >= 11 is 0. The molecule has 1 nitrogen and oxygen atoms in total. The third-order valence-corrected chi connectivity index (χ3v) is 2.54. The van der Waals surface area contributed by atoms with Crippen molar-refractivity contribution in [1.29, 1.82) is 0 Å². The molecule has 0 aliphatic carbocycles. The van der Waals surface area contributed by atoms with Gasteiger partial charge in [-0.3, -0.25) is 0 Å². The van der Waals surface area contributed by atoms with Crippen LogP contribution in [0.5, 0.6) is 0 Å². The highest BCUT2D eigenvalue weighted by molar-refractivity contribution is 4.65.